The minimum atomic E-state index is -0.519. The summed E-state index contributed by atoms with van der Waals surface area (Å²) in [5.74, 6) is -0.117. The van der Waals surface area contributed by atoms with Crippen LogP contribution in [0.3, 0.4) is 0 Å². The molecule has 0 radical (unpaired) electrons. The summed E-state index contributed by atoms with van der Waals surface area (Å²) in [6, 6.07) is 22.1. The van der Waals surface area contributed by atoms with Crippen molar-refractivity contribution in [2.75, 3.05) is 23.8 Å². The van der Waals surface area contributed by atoms with E-state index in [1.807, 2.05) is 0 Å². The zero-order valence-corrected chi connectivity index (χ0v) is 24.2. The van der Waals surface area contributed by atoms with E-state index in [4.69, 9.17) is 4.74 Å². The number of hydrogen-bond acceptors (Lipinski definition) is 4. The fourth-order valence-electron chi connectivity index (χ4n) is 7.25. The Morgan fingerprint density at radius 2 is 1.59 bits per heavy atom. The molecule has 4 nitrogen and oxygen atoms in total. The van der Waals surface area contributed by atoms with E-state index in [0.29, 0.717) is 0 Å². The van der Waals surface area contributed by atoms with Gasteiger partial charge < -0.3 is 14.4 Å². The van der Waals surface area contributed by atoms with Gasteiger partial charge in [-0.15, -0.1) is 0 Å². The largest absolute Gasteiger partial charge is 0.469 e. The van der Waals surface area contributed by atoms with Crippen molar-refractivity contribution in [1.82, 2.24) is 0 Å². The molecule has 0 saturated heterocycles. The Balaban J connectivity index is 1.59. The summed E-state index contributed by atoms with van der Waals surface area (Å²) in [5.41, 5.74) is 12.5. The van der Waals surface area contributed by atoms with E-state index in [9.17, 15) is 4.79 Å². The molecule has 0 amide bonds. The van der Waals surface area contributed by atoms with Gasteiger partial charge in [-0.3, -0.25) is 4.79 Å². The first kappa shape index (κ1) is 25.5. The molecule has 1 heterocycles. The number of esters is 1. The zero-order chi connectivity index (χ0) is 27.6. The zero-order valence-electron chi connectivity index (χ0n) is 24.2. The third-order valence-electron chi connectivity index (χ3n) is 9.34. The van der Waals surface area contributed by atoms with Crippen LogP contribution in [0.25, 0.3) is 10.8 Å². The summed E-state index contributed by atoms with van der Waals surface area (Å²) in [4.78, 5) is 17.9. The summed E-state index contributed by atoms with van der Waals surface area (Å²) in [5, 5.41) is 2.59. The fourth-order valence-corrected chi connectivity index (χ4v) is 7.25. The van der Waals surface area contributed by atoms with E-state index < -0.39 is 5.41 Å². The van der Waals surface area contributed by atoms with Crippen molar-refractivity contribution in [2.45, 2.75) is 54.0 Å². The van der Waals surface area contributed by atoms with Gasteiger partial charge >= 0.3 is 13.0 Å². The third-order valence-corrected chi connectivity index (χ3v) is 9.34. The first-order valence-corrected chi connectivity index (χ1v) is 13.9. The van der Waals surface area contributed by atoms with Gasteiger partial charge in [0.1, 0.15) is 0 Å². The van der Waals surface area contributed by atoms with E-state index in [-0.39, 0.29) is 13.0 Å². The molecular formula is C34H37BN2O2. The maximum absolute atomic E-state index is 12.8. The Morgan fingerprint density at radius 1 is 0.897 bits per heavy atom. The van der Waals surface area contributed by atoms with Gasteiger partial charge in [0.15, 0.2) is 0 Å². The monoisotopic (exact) mass is 516 g/mol. The lowest BCUT2D eigenvalue weighted by atomic mass is 9.57. The first-order valence-electron chi connectivity index (χ1n) is 13.9. The van der Waals surface area contributed by atoms with Crippen LogP contribution in [0.1, 0.15) is 45.9 Å². The van der Waals surface area contributed by atoms with Crippen molar-refractivity contribution in [3.05, 3.63) is 99.6 Å². The quantitative estimate of drug-likeness (QED) is 0.239. The summed E-state index contributed by atoms with van der Waals surface area (Å²) < 4.78 is 5.25. The van der Waals surface area contributed by atoms with Gasteiger partial charge in [-0.25, -0.2) is 0 Å². The number of hydrogen-bond donors (Lipinski definition) is 0. The molecular weight excluding hydrogens is 479 g/mol. The molecule has 0 bridgehead atoms. The molecule has 2 aliphatic rings. The molecule has 1 aliphatic heterocycles. The number of nitrogens with zero attached hydrogens (tertiary/aromatic N) is 2. The molecule has 0 N–H and O–H groups in total. The van der Waals surface area contributed by atoms with Crippen molar-refractivity contribution in [3.63, 3.8) is 0 Å². The van der Waals surface area contributed by atoms with Crippen LogP contribution in [0.4, 0.5) is 11.4 Å². The number of carbonyl (C=O) groups is 1. The standard InChI is InChI=1S/C34H37BN2O2/c1-21-16-26-14-11-15-29-31(26)30(17-21)37(20-25-12-9-8-10-13-25)35(36(29)6)32-23(3)22(2)27-18-34(5,33(38)39-7)19-28(27)24(32)4/h8-17H,18-20H2,1-7H3. The predicted octanol–water partition coefficient (Wildman–Crippen LogP) is 6.20. The number of fused-ring (bicyclic) bond motifs is 1. The molecule has 1 atom stereocenters. The molecule has 0 spiro atoms. The van der Waals surface area contributed by atoms with Crippen LogP contribution in [-0.2, 0) is 28.9 Å². The second kappa shape index (κ2) is 9.19. The smallest absolute Gasteiger partial charge is 0.411 e. The second-order valence-corrected chi connectivity index (χ2v) is 11.9. The summed E-state index contributed by atoms with van der Waals surface area (Å²) >= 11 is 0. The number of ether oxygens (including phenoxy) is 1. The average Bonchev–Trinajstić information content (AvgIpc) is 3.30. The molecule has 0 saturated carbocycles. The Labute approximate surface area is 232 Å². The summed E-state index contributed by atoms with van der Waals surface area (Å²) in [6.07, 6.45) is 1.45. The van der Waals surface area contributed by atoms with Crippen LogP contribution >= 0.6 is 0 Å². The Hall–Kier alpha value is -3.73. The number of anilines is 2. The SMILES string of the molecule is COC(=O)C1(C)Cc2c(C)c(C)c(B3N(C)c4cccc5cc(C)cc(c45)N3Cc3ccccc3)c(C)c2C1. The summed E-state index contributed by atoms with van der Waals surface area (Å²) in [6.45, 7) is 11.8. The minimum Gasteiger partial charge on any atom is -0.469 e. The van der Waals surface area contributed by atoms with E-state index >= 15 is 0 Å². The number of aryl methyl sites for hydroxylation is 1. The molecule has 6 rings (SSSR count). The lowest BCUT2D eigenvalue weighted by molar-refractivity contribution is -0.151. The predicted molar refractivity (Wildman–Crippen MR) is 163 cm³/mol. The second-order valence-electron chi connectivity index (χ2n) is 11.9. The van der Waals surface area contributed by atoms with Gasteiger partial charge in [0.25, 0.3) is 0 Å². The Morgan fingerprint density at radius 3 is 2.28 bits per heavy atom. The maximum Gasteiger partial charge on any atom is 0.411 e. The van der Waals surface area contributed by atoms with Crippen LogP contribution < -0.4 is 15.1 Å². The molecule has 4 aromatic carbocycles. The van der Waals surface area contributed by atoms with E-state index in [0.717, 1.165) is 19.4 Å². The highest BCUT2D eigenvalue weighted by atomic mass is 16.5. The van der Waals surface area contributed by atoms with Gasteiger partial charge in [-0.2, -0.15) is 0 Å². The van der Waals surface area contributed by atoms with Gasteiger partial charge in [0, 0.05) is 23.3 Å². The number of rotatable bonds is 4. The minimum absolute atomic E-state index is 0.0130. The molecule has 198 valence electrons. The van der Waals surface area contributed by atoms with Gasteiger partial charge in [-0.05, 0) is 116 Å². The first-order chi connectivity index (χ1) is 18.6. The Bertz CT molecular complexity index is 1630. The molecule has 1 aliphatic carbocycles. The molecule has 0 aromatic heterocycles. The van der Waals surface area contributed by atoms with Crippen LogP contribution in [0.2, 0.25) is 0 Å². The molecule has 1 unspecified atom stereocenters. The van der Waals surface area contributed by atoms with Crippen LogP contribution in [0.15, 0.2) is 60.7 Å². The number of methoxy groups -OCH3 is 1. The van der Waals surface area contributed by atoms with Crippen LogP contribution in [-0.4, -0.2) is 27.1 Å². The highest BCUT2D eigenvalue weighted by Gasteiger charge is 2.45. The molecule has 4 aromatic rings. The van der Waals surface area contributed by atoms with Crippen molar-refractivity contribution in [2.24, 2.45) is 5.41 Å². The van der Waals surface area contributed by atoms with Crippen LogP contribution in [0, 0.1) is 33.1 Å². The fraction of sp³-hybridized carbons (Fsp3) is 0.324. The lowest BCUT2D eigenvalue weighted by Gasteiger charge is -2.44. The van der Waals surface area contributed by atoms with Crippen molar-refractivity contribution >= 4 is 40.6 Å². The maximum atomic E-state index is 12.8. The van der Waals surface area contributed by atoms with E-state index in [2.05, 4.69) is 112 Å². The molecule has 39 heavy (non-hydrogen) atoms. The number of carbonyl (C=O) groups excluding carboxylic acids is 1. The van der Waals surface area contributed by atoms with Crippen molar-refractivity contribution in [1.29, 1.82) is 0 Å². The molecule has 0 fully saturated rings. The lowest BCUT2D eigenvalue weighted by Crippen LogP contribution is -2.62. The third kappa shape index (κ3) is 3.85. The average molecular weight is 516 g/mol. The highest BCUT2D eigenvalue weighted by Crippen LogP contribution is 2.44. The van der Waals surface area contributed by atoms with Gasteiger partial charge in [-0.1, -0.05) is 48.5 Å². The Kier molecular flexibility index (Phi) is 6.02. The van der Waals surface area contributed by atoms with Crippen molar-refractivity contribution < 1.29 is 9.53 Å². The highest BCUT2D eigenvalue weighted by molar-refractivity contribution is 6.82. The topological polar surface area (TPSA) is 32.8 Å². The van der Waals surface area contributed by atoms with E-state index in [1.54, 1.807) is 0 Å². The molecule has 5 heteroatoms. The normalized spacial score (nSPS) is 18.1. The van der Waals surface area contributed by atoms with Gasteiger partial charge in [0.2, 0.25) is 0 Å². The number of benzene rings is 4. The van der Waals surface area contributed by atoms with E-state index in [1.165, 1.54) is 73.7 Å². The van der Waals surface area contributed by atoms with Crippen molar-refractivity contribution in [3.8, 4) is 0 Å². The van der Waals surface area contributed by atoms with Gasteiger partial charge in [0.05, 0.1) is 12.5 Å². The van der Waals surface area contributed by atoms with Crippen LogP contribution in [0.5, 0.6) is 0 Å². The summed E-state index contributed by atoms with van der Waals surface area (Å²) in [7, 11) is 3.74.